The maximum absolute atomic E-state index is 12.8. The Hall–Kier alpha value is -3.10. The number of amides is 1. The van der Waals surface area contributed by atoms with E-state index >= 15 is 0 Å². The molecule has 3 N–H and O–H groups in total. The Balaban J connectivity index is 4.25. The van der Waals surface area contributed by atoms with Crippen molar-refractivity contribution in [2.24, 2.45) is 0 Å². The van der Waals surface area contributed by atoms with Crippen LogP contribution in [0.1, 0.15) is 142 Å². The molecule has 0 radical (unpaired) electrons. The van der Waals surface area contributed by atoms with Crippen molar-refractivity contribution in [2.45, 2.75) is 154 Å². The largest absolute Gasteiger partial charge is 0.472 e. The summed E-state index contributed by atoms with van der Waals surface area (Å²) < 4.78 is 23.4. The third-order valence-electron chi connectivity index (χ3n) is 9.19. The van der Waals surface area contributed by atoms with Gasteiger partial charge >= 0.3 is 7.82 Å². The summed E-state index contributed by atoms with van der Waals surface area (Å²) in [5.74, 6) is -0.221. The molecule has 0 fully saturated rings. The fourth-order valence-corrected chi connectivity index (χ4v) is 6.29. The van der Waals surface area contributed by atoms with Crippen LogP contribution in [-0.4, -0.2) is 73.4 Å². The number of hydrogen-bond donors (Lipinski definition) is 3. The van der Waals surface area contributed by atoms with Crippen LogP contribution in [0.5, 0.6) is 0 Å². The van der Waals surface area contributed by atoms with Gasteiger partial charge in [-0.2, -0.15) is 0 Å². The second-order valence-corrected chi connectivity index (χ2v) is 17.5. The van der Waals surface area contributed by atoms with Gasteiger partial charge in [0.25, 0.3) is 0 Å². The van der Waals surface area contributed by atoms with Crippen molar-refractivity contribution in [3.63, 3.8) is 0 Å². The van der Waals surface area contributed by atoms with Gasteiger partial charge in [0.15, 0.2) is 0 Å². The molecule has 0 aliphatic rings. The summed E-state index contributed by atoms with van der Waals surface area (Å²) in [6, 6.07) is -0.870. The van der Waals surface area contributed by atoms with E-state index < -0.39 is 20.0 Å². The van der Waals surface area contributed by atoms with Gasteiger partial charge in [-0.15, -0.1) is 0 Å². The molecule has 0 spiro atoms. The van der Waals surface area contributed by atoms with E-state index in [-0.39, 0.29) is 19.1 Å². The molecule has 0 aromatic heterocycles. The Morgan fingerprint density at radius 1 is 0.583 bits per heavy atom. The number of aliphatic hydroxyl groups excluding tert-OH is 1. The van der Waals surface area contributed by atoms with Gasteiger partial charge in [0.2, 0.25) is 5.91 Å². The molecule has 0 bridgehead atoms. The fourth-order valence-electron chi connectivity index (χ4n) is 5.56. The predicted octanol–water partition coefficient (Wildman–Crippen LogP) is 13.1. The Kier molecular flexibility index (Phi) is 39.1. The molecule has 0 aromatic rings. The van der Waals surface area contributed by atoms with Crippen molar-refractivity contribution in [1.29, 1.82) is 0 Å². The molecule has 60 heavy (non-hydrogen) atoms. The first-order valence-corrected chi connectivity index (χ1v) is 24.4. The quantitative estimate of drug-likeness (QED) is 0.0246. The van der Waals surface area contributed by atoms with Crippen molar-refractivity contribution < 1.29 is 32.9 Å². The molecule has 0 saturated heterocycles. The van der Waals surface area contributed by atoms with E-state index in [4.69, 9.17) is 9.05 Å². The minimum atomic E-state index is -4.35. The lowest BCUT2D eigenvalue weighted by Crippen LogP contribution is -2.45. The molecule has 9 heteroatoms. The number of quaternary nitrogens is 1. The van der Waals surface area contributed by atoms with E-state index in [0.717, 1.165) is 96.3 Å². The summed E-state index contributed by atoms with van der Waals surface area (Å²) in [5, 5.41) is 13.7. The summed E-state index contributed by atoms with van der Waals surface area (Å²) in [6.45, 7) is 4.57. The Morgan fingerprint density at radius 2 is 1.00 bits per heavy atom. The van der Waals surface area contributed by atoms with E-state index in [2.05, 4.69) is 129 Å². The zero-order valence-corrected chi connectivity index (χ0v) is 39.3. The third-order valence-corrected chi connectivity index (χ3v) is 10.2. The van der Waals surface area contributed by atoms with Crippen LogP contribution >= 0.6 is 7.82 Å². The van der Waals surface area contributed by atoms with Gasteiger partial charge in [-0.3, -0.25) is 13.8 Å². The SMILES string of the molecule is CC/C=C\C/C=C\C/C=C\C/C=C\C/C=C\C/C=C\C/C=C\C/C=C\C/C=C\CCCCCC(=O)NC(COP(=O)(O)OCC[N+](C)(C)C)C(O)/C=C/CCCCCCC. The lowest BCUT2D eigenvalue weighted by Gasteiger charge is -2.25. The van der Waals surface area contributed by atoms with Gasteiger partial charge in [0.1, 0.15) is 13.2 Å². The zero-order valence-electron chi connectivity index (χ0n) is 38.4. The van der Waals surface area contributed by atoms with Gasteiger partial charge in [0, 0.05) is 6.42 Å². The van der Waals surface area contributed by atoms with E-state index in [9.17, 15) is 19.4 Å². The van der Waals surface area contributed by atoms with Crippen molar-refractivity contribution in [3.05, 3.63) is 122 Å². The molecule has 0 heterocycles. The molecule has 3 unspecified atom stereocenters. The number of allylic oxidation sites excluding steroid dienone is 19. The number of likely N-dealkylation sites (N-methyl/N-ethyl adjacent to an activating group) is 1. The molecule has 0 rings (SSSR count). The average Bonchev–Trinajstić information content (AvgIpc) is 3.20. The minimum Gasteiger partial charge on any atom is -0.387 e. The standard InChI is InChI=1S/C51H85N2O6P/c1-6-8-10-12-14-15-16-17-18-19-20-21-22-23-24-25-26-27-28-29-30-31-32-33-34-35-36-37-39-41-43-45-51(55)52-49(50(54)44-42-40-38-13-11-9-7-2)48-59-60(56,57)58-47-46-53(3,4)5/h8,10,14-15,17-18,20-21,23-24,26-27,29-30,32-33,35-36,42,44,49-50,54H,6-7,9,11-13,16,19,22,25,28,31,34,37-41,43,45-48H2,1-5H3,(H-,52,55,56,57)/p+1/b10-8-,15-14-,18-17-,21-20-,24-23-,27-26-,30-29-,33-32-,36-35-,44-42+. The van der Waals surface area contributed by atoms with E-state index in [1.807, 2.05) is 27.2 Å². The van der Waals surface area contributed by atoms with Crippen LogP contribution < -0.4 is 5.32 Å². The highest BCUT2D eigenvalue weighted by Gasteiger charge is 2.27. The summed E-state index contributed by atoms with van der Waals surface area (Å²) in [4.78, 5) is 23.0. The summed E-state index contributed by atoms with van der Waals surface area (Å²) in [5.41, 5.74) is 0. The Bertz CT molecular complexity index is 1380. The highest BCUT2D eigenvalue weighted by Crippen LogP contribution is 2.43. The van der Waals surface area contributed by atoms with Gasteiger partial charge < -0.3 is 19.8 Å². The second kappa shape index (κ2) is 41.3. The average molecular weight is 854 g/mol. The van der Waals surface area contributed by atoms with Gasteiger partial charge in [-0.05, 0) is 89.9 Å². The number of rotatable bonds is 39. The minimum absolute atomic E-state index is 0.0467. The molecule has 340 valence electrons. The topological polar surface area (TPSA) is 105 Å². The van der Waals surface area contributed by atoms with Crippen LogP contribution in [0.2, 0.25) is 0 Å². The van der Waals surface area contributed by atoms with Crippen LogP contribution in [0.15, 0.2) is 122 Å². The van der Waals surface area contributed by atoms with E-state index in [1.54, 1.807) is 6.08 Å². The molecule has 0 aliphatic heterocycles. The lowest BCUT2D eigenvalue weighted by atomic mass is 10.1. The molecule has 0 aliphatic carbocycles. The Morgan fingerprint density at radius 3 is 1.45 bits per heavy atom. The highest BCUT2D eigenvalue weighted by atomic mass is 31.2. The molecular weight excluding hydrogens is 768 g/mol. The number of carbonyl (C=O) groups excluding carboxylic acids is 1. The number of hydrogen-bond acceptors (Lipinski definition) is 5. The predicted molar refractivity (Wildman–Crippen MR) is 258 cm³/mol. The van der Waals surface area contributed by atoms with Crippen LogP contribution in [0.3, 0.4) is 0 Å². The van der Waals surface area contributed by atoms with Crippen LogP contribution in [0.4, 0.5) is 0 Å². The zero-order chi connectivity index (χ0) is 44.3. The molecule has 0 aromatic carbocycles. The monoisotopic (exact) mass is 854 g/mol. The summed E-state index contributed by atoms with van der Waals surface area (Å²) in [6.07, 6.45) is 61.6. The maximum Gasteiger partial charge on any atom is 0.472 e. The molecule has 3 atom stereocenters. The Labute approximate surface area is 367 Å². The number of carbonyl (C=O) groups is 1. The normalized spacial score (nSPS) is 15.4. The molecule has 8 nitrogen and oxygen atoms in total. The summed E-state index contributed by atoms with van der Waals surface area (Å²) >= 11 is 0. The number of phosphoric ester groups is 1. The molecule has 1 amide bonds. The number of aliphatic hydroxyl groups is 1. The van der Waals surface area contributed by atoms with E-state index in [0.29, 0.717) is 23.9 Å². The van der Waals surface area contributed by atoms with Crippen LogP contribution in [0, 0.1) is 0 Å². The lowest BCUT2D eigenvalue weighted by molar-refractivity contribution is -0.870. The smallest absolute Gasteiger partial charge is 0.387 e. The third kappa shape index (κ3) is 43.0. The van der Waals surface area contributed by atoms with Crippen LogP contribution in [0.25, 0.3) is 0 Å². The molecule has 0 saturated carbocycles. The number of phosphoric acid groups is 1. The second-order valence-electron chi connectivity index (χ2n) is 16.0. The first-order valence-electron chi connectivity index (χ1n) is 22.9. The highest BCUT2D eigenvalue weighted by molar-refractivity contribution is 7.47. The number of nitrogens with zero attached hydrogens (tertiary/aromatic N) is 1. The number of nitrogens with one attached hydrogen (secondary N) is 1. The molecular formula is C51H86N2O6P+. The van der Waals surface area contributed by atoms with Crippen LogP contribution in [-0.2, 0) is 18.4 Å². The maximum atomic E-state index is 12.8. The van der Waals surface area contributed by atoms with E-state index in [1.165, 1.54) is 19.3 Å². The van der Waals surface area contributed by atoms with Gasteiger partial charge in [0.05, 0.1) is 39.9 Å². The van der Waals surface area contributed by atoms with Crippen molar-refractivity contribution in [2.75, 3.05) is 40.9 Å². The van der Waals surface area contributed by atoms with Gasteiger partial charge in [-0.25, -0.2) is 4.57 Å². The van der Waals surface area contributed by atoms with Gasteiger partial charge in [-0.1, -0.05) is 167 Å². The van der Waals surface area contributed by atoms with Crippen molar-refractivity contribution in [1.82, 2.24) is 5.32 Å². The van der Waals surface area contributed by atoms with Crippen molar-refractivity contribution >= 4 is 13.7 Å². The fraction of sp³-hybridized carbons (Fsp3) is 0.588. The van der Waals surface area contributed by atoms with Crippen molar-refractivity contribution in [3.8, 4) is 0 Å². The summed E-state index contributed by atoms with van der Waals surface area (Å²) in [7, 11) is 1.52. The first kappa shape index (κ1) is 56.9. The number of unbranched alkanes of at least 4 members (excludes halogenated alkanes) is 8. The first-order chi connectivity index (χ1) is 29.0.